The molecular formula is C79H144O17P2. The Morgan fingerprint density at radius 1 is 0.327 bits per heavy atom. The molecule has 0 amide bonds. The van der Waals surface area contributed by atoms with E-state index in [0.29, 0.717) is 32.3 Å². The Labute approximate surface area is 597 Å². The van der Waals surface area contributed by atoms with Crippen molar-refractivity contribution >= 4 is 39.8 Å². The molecule has 0 rings (SSSR count). The van der Waals surface area contributed by atoms with Crippen molar-refractivity contribution in [1.29, 1.82) is 0 Å². The lowest BCUT2D eigenvalue weighted by atomic mass is 10.0. The average Bonchev–Trinajstić information content (AvgIpc) is 1.10. The fraction of sp³-hybridized carbons (Fsp3) is 0.823. The molecule has 0 aliphatic heterocycles. The van der Waals surface area contributed by atoms with Gasteiger partial charge < -0.3 is 38.6 Å². The Bertz CT molecular complexity index is 2060. The van der Waals surface area contributed by atoms with Gasteiger partial charge in [-0.05, 0) is 122 Å². The molecule has 0 aliphatic rings. The minimum Gasteiger partial charge on any atom is -0.462 e. The first kappa shape index (κ1) is 94.9. The van der Waals surface area contributed by atoms with Crippen molar-refractivity contribution in [1.82, 2.24) is 0 Å². The van der Waals surface area contributed by atoms with Crippen molar-refractivity contribution < 1.29 is 80.2 Å². The first-order chi connectivity index (χ1) is 47.8. The highest BCUT2D eigenvalue weighted by atomic mass is 31.2. The summed E-state index contributed by atoms with van der Waals surface area (Å²) in [5.74, 6) is -1.55. The van der Waals surface area contributed by atoms with E-state index in [2.05, 4.69) is 81.5 Å². The molecule has 2 unspecified atom stereocenters. The van der Waals surface area contributed by atoms with Gasteiger partial charge in [-0.15, -0.1) is 0 Å². The monoisotopic (exact) mass is 1430 g/mol. The SMILES string of the molecule is CCCCC/C=C\C/C=C\CCCCCCCC(=O)O[C@H](COCCCCCCCCC/C=C\CCCCCCC=O)COP(=O)(O)OC[C@@H](O)COP(=O)(O)OC[C@@H](COC(=O)CCCCCCCCCCCCCCC)OC(=O)CCCCCCC/C=C\C/C=C\CCCCC. The van der Waals surface area contributed by atoms with Gasteiger partial charge in [0.25, 0.3) is 0 Å². The number of rotatable bonds is 77. The highest BCUT2D eigenvalue weighted by Gasteiger charge is 2.30. The smallest absolute Gasteiger partial charge is 0.462 e. The molecule has 17 nitrogen and oxygen atoms in total. The van der Waals surface area contributed by atoms with Gasteiger partial charge >= 0.3 is 33.6 Å². The van der Waals surface area contributed by atoms with Crippen LogP contribution in [-0.4, -0.2) is 104 Å². The molecule has 0 heterocycles. The molecule has 98 heavy (non-hydrogen) atoms. The lowest BCUT2D eigenvalue weighted by molar-refractivity contribution is -0.161. The number of carbonyl (C=O) groups excluding carboxylic acids is 4. The molecule has 0 saturated carbocycles. The fourth-order valence-electron chi connectivity index (χ4n) is 10.9. The van der Waals surface area contributed by atoms with Crippen LogP contribution in [0.25, 0.3) is 0 Å². The third-order valence-corrected chi connectivity index (χ3v) is 18.9. The Morgan fingerprint density at radius 3 is 0.969 bits per heavy atom. The van der Waals surface area contributed by atoms with Crippen LogP contribution in [0.4, 0.5) is 0 Å². The molecule has 0 spiro atoms. The van der Waals surface area contributed by atoms with Crippen molar-refractivity contribution in [3.63, 3.8) is 0 Å². The molecule has 0 radical (unpaired) electrons. The summed E-state index contributed by atoms with van der Waals surface area (Å²) in [4.78, 5) is 70.6. The largest absolute Gasteiger partial charge is 0.472 e. The van der Waals surface area contributed by atoms with Gasteiger partial charge in [0.15, 0.2) is 6.10 Å². The summed E-state index contributed by atoms with van der Waals surface area (Å²) < 4.78 is 69.2. The van der Waals surface area contributed by atoms with E-state index in [9.17, 15) is 43.2 Å². The van der Waals surface area contributed by atoms with Crippen molar-refractivity contribution in [2.24, 2.45) is 0 Å². The van der Waals surface area contributed by atoms with Crippen molar-refractivity contribution in [3.05, 3.63) is 60.8 Å². The van der Waals surface area contributed by atoms with Gasteiger partial charge in [0.2, 0.25) is 0 Å². The van der Waals surface area contributed by atoms with Crippen LogP contribution in [0.2, 0.25) is 0 Å². The topological polar surface area (TPSA) is 237 Å². The van der Waals surface area contributed by atoms with Gasteiger partial charge in [-0.2, -0.15) is 0 Å². The van der Waals surface area contributed by atoms with E-state index in [0.717, 1.165) is 173 Å². The summed E-state index contributed by atoms with van der Waals surface area (Å²) >= 11 is 0. The minimum atomic E-state index is -4.95. The molecule has 0 aromatic rings. The fourth-order valence-corrected chi connectivity index (χ4v) is 12.5. The van der Waals surface area contributed by atoms with Crippen molar-refractivity contribution in [2.75, 3.05) is 46.2 Å². The van der Waals surface area contributed by atoms with E-state index >= 15 is 0 Å². The second kappa shape index (κ2) is 73.7. The standard InChI is InChI=1S/C79H144O17P2/c1-4-7-10-13-16-19-22-25-29-34-39-44-49-54-59-64-78(83)95-75(70-89-67-62-57-52-47-42-37-32-28-27-31-36-41-46-51-56-61-66-80)72-93-97(85,86)91-68-74(81)69-92-98(87,88)94-73-76(71-90-77(82)63-58-53-48-43-38-33-24-21-18-15-12-9-6-3)96-79(84)65-60-55-50-45-40-35-30-26-23-20-17-14-11-8-5-2/h16-17,19-20,25-27,29-31,66,74-76,81H,4-15,18,21-24,28,32-65,67-73H2,1-3H3,(H,85,86)(H,87,88)/b19-16-,20-17-,29-25-,30-26-,31-27-/t74-,75-,76-/m1/s1. The molecule has 5 atom stereocenters. The summed E-state index contributed by atoms with van der Waals surface area (Å²) in [5.41, 5.74) is 0. The molecule has 19 heteroatoms. The highest BCUT2D eigenvalue weighted by molar-refractivity contribution is 7.47. The van der Waals surface area contributed by atoms with Gasteiger partial charge in [0, 0.05) is 32.3 Å². The third kappa shape index (κ3) is 72.7. The van der Waals surface area contributed by atoms with E-state index in [1.807, 2.05) is 0 Å². The predicted octanol–water partition coefficient (Wildman–Crippen LogP) is 22.3. The number of phosphoric ester groups is 2. The second-order valence-electron chi connectivity index (χ2n) is 26.6. The summed E-state index contributed by atoms with van der Waals surface area (Å²) in [5, 5.41) is 10.6. The summed E-state index contributed by atoms with van der Waals surface area (Å²) in [6.07, 6.45) is 72.4. The molecule has 572 valence electrons. The number of ether oxygens (including phenoxy) is 4. The molecule has 3 N–H and O–H groups in total. The van der Waals surface area contributed by atoms with Gasteiger partial charge in [0.05, 0.1) is 33.0 Å². The van der Waals surface area contributed by atoms with E-state index in [1.165, 1.54) is 122 Å². The Morgan fingerprint density at radius 2 is 0.602 bits per heavy atom. The number of allylic oxidation sites excluding steroid dienone is 10. The Kier molecular flexibility index (Phi) is 71.3. The number of hydrogen-bond acceptors (Lipinski definition) is 15. The highest BCUT2D eigenvalue weighted by Crippen LogP contribution is 2.45. The number of aliphatic hydroxyl groups excluding tert-OH is 1. The van der Waals surface area contributed by atoms with E-state index in [-0.39, 0.29) is 25.9 Å². The zero-order chi connectivity index (χ0) is 71.6. The Hall–Kier alpha value is -3.08. The van der Waals surface area contributed by atoms with Gasteiger partial charge in [-0.1, -0.05) is 268 Å². The minimum absolute atomic E-state index is 0.0810. The van der Waals surface area contributed by atoms with Crippen LogP contribution in [0.3, 0.4) is 0 Å². The van der Waals surface area contributed by atoms with Crippen LogP contribution in [0.5, 0.6) is 0 Å². The van der Waals surface area contributed by atoms with E-state index < -0.39 is 84.9 Å². The molecule has 0 saturated heterocycles. The lowest BCUT2D eigenvalue weighted by Gasteiger charge is -2.21. The molecule has 0 bridgehead atoms. The van der Waals surface area contributed by atoms with Crippen molar-refractivity contribution in [3.8, 4) is 0 Å². The maximum absolute atomic E-state index is 13.1. The van der Waals surface area contributed by atoms with Crippen LogP contribution in [0.1, 0.15) is 355 Å². The number of phosphoric acid groups is 2. The summed E-state index contributed by atoms with van der Waals surface area (Å²) in [7, 11) is -9.83. The van der Waals surface area contributed by atoms with Crippen LogP contribution in [0, 0.1) is 0 Å². The normalized spacial score (nSPS) is 14.3. The first-order valence-electron chi connectivity index (χ1n) is 39.5. The zero-order valence-corrected chi connectivity index (χ0v) is 64.0. The van der Waals surface area contributed by atoms with Crippen LogP contribution in [0.15, 0.2) is 60.8 Å². The maximum atomic E-state index is 13.1. The molecule has 0 aromatic carbocycles. The van der Waals surface area contributed by atoms with E-state index in [4.69, 9.17) is 37.0 Å². The average molecular weight is 1430 g/mol. The number of unbranched alkanes of at least 4 members (excludes halogenated alkanes) is 40. The van der Waals surface area contributed by atoms with Crippen molar-refractivity contribution in [2.45, 2.75) is 373 Å². The van der Waals surface area contributed by atoms with Gasteiger partial charge in [0.1, 0.15) is 25.1 Å². The van der Waals surface area contributed by atoms with Crippen LogP contribution < -0.4 is 0 Å². The predicted molar refractivity (Wildman–Crippen MR) is 400 cm³/mol. The van der Waals surface area contributed by atoms with E-state index in [1.54, 1.807) is 0 Å². The number of carbonyl (C=O) groups is 4. The molecule has 0 aromatic heterocycles. The van der Waals surface area contributed by atoms with Gasteiger partial charge in [-0.25, -0.2) is 9.13 Å². The summed E-state index contributed by atoms with van der Waals surface area (Å²) in [6, 6.07) is 0. The number of aliphatic hydroxyl groups is 1. The third-order valence-electron chi connectivity index (χ3n) is 17.0. The number of aldehydes is 1. The van der Waals surface area contributed by atoms with Gasteiger partial charge in [-0.3, -0.25) is 32.5 Å². The number of esters is 3. The lowest BCUT2D eigenvalue weighted by Crippen LogP contribution is -2.30. The second-order valence-corrected chi connectivity index (χ2v) is 29.5. The van der Waals surface area contributed by atoms with Crippen LogP contribution in [-0.2, 0) is 65.4 Å². The number of hydrogen-bond donors (Lipinski definition) is 3. The molecular weight excluding hydrogens is 1280 g/mol. The van der Waals surface area contributed by atoms with Crippen LogP contribution >= 0.6 is 15.6 Å². The first-order valence-corrected chi connectivity index (χ1v) is 42.5. The summed E-state index contributed by atoms with van der Waals surface area (Å²) in [6.45, 7) is 3.63. The maximum Gasteiger partial charge on any atom is 0.472 e. The quantitative estimate of drug-likeness (QED) is 0.0128. The Balaban J connectivity index is 5.27. The molecule has 0 fully saturated rings. The zero-order valence-electron chi connectivity index (χ0n) is 62.3. The molecule has 0 aliphatic carbocycles.